The molecule has 56 valence electrons. The second-order valence-electron chi connectivity index (χ2n) is 1.87. The molecule has 2 aromatic heterocycles. The van der Waals surface area contributed by atoms with Gasteiger partial charge in [0.25, 0.3) is 0 Å². The maximum atomic E-state index is 3.99. The van der Waals surface area contributed by atoms with Crippen LogP contribution in [0.1, 0.15) is 0 Å². The molecule has 0 saturated carbocycles. The molecule has 0 amide bonds. The van der Waals surface area contributed by atoms with Gasteiger partial charge in [-0.1, -0.05) is 10.6 Å². The monoisotopic (exact) mass is 246 g/mol. The average molecular weight is 247 g/mol. The van der Waals surface area contributed by atoms with Gasteiger partial charge in [0.1, 0.15) is 9.48 Å². The molecule has 2 nitrogen and oxygen atoms in total. The van der Waals surface area contributed by atoms with Crippen LogP contribution in [0, 0.1) is 0 Å². The van der Waals surface area contributed by atoms with E-state index in [1.54, 1.807) is 11.3 Å². The normalized spacial score (nSPS) is 10.3. The number of hydrogen-bond acceptors (Lipinski definition) is 4. The predicted octanol–water partition coefficient (Wildman–Crippen LogP) is 3.03. The van der Waals surface area contributed by atoms with Gasteiger partial charge in [-0.25, -0.2) is 0 Å². The van der Waals surface area contributed by atoms with Gasteiger partial charge in [0, 0.05) is 0 Å². The van der Waals surface area contributed by atoms with Gasteiger partial charge in [-0.2, -0.15) is 0 Å². The highest BCUT2D eigenvalue weighted by atomic mass is 79.9. The topological polar surface area (TPSA) is 25.8 Å². The molecule has 2 aromatic rings. The fraction of sp³-hybridized carbons (Fsp3) is 0. The standard InChI is InChI=1S/C6H3BrN2S2/c7-6-5(8-9-11-6)4-2-1-3-10-4/h1-3H. The van der Waals surface area contributed by atoms with Gasteiger partial charge in [0.2, 0.25) is 0 Å². The summed E-state index contributed by atoms with van der Waals surface area (Å²) in [7, 11) is 0. The molecule has 0 saturated heterocycles. The summed E-state index contributed by atoms with van der Waals surface area (Å²) in [5.41, 5.74) is 0.949. The van der Waals surface area contributed by atoms with Crippen molar-refractivity contribution in [2.75, 3.05) is 0 Å². The molecule has 0 fully saturated rings. The molecule has 0 aliphatic rings. The van der Waals surface area contributed by atoms with Crippen molar-refractivity contribution in [3.63, 3.8) is 0 Å². The Morgan fingerprint density at radius 2 is 2.36 bits per heavy atom. The number of aromatic nitrogens is 2. The summed E-state index contributed by atoms with van der Waals surface area (Å²) >= 11 is 6.42. The van der Waals surface area contributed by atoms with E-state index in [4.69, 9.17) is 0 Å². The predicted molar refractivity (Wildman–Crippen MR) is 50.9 cm³/mol. The first-order valence-corrected chi connectivity index (χ1v) is 5.34. The van der Waals surface area contributed by atoms with Crippen molar-refractivity contribution < 1.29 is 0 Å². The third-order valence-corrected chi connectivity index (χ3v) is 3.41. The molecule has 0 aliphatic heterocycles. The first-order chi connectivity index (χ1) is 5.38. The Balaban J connectivity index is 2.53. The maximum absolute atomic E-state index is 3.99. The van der Waals surface area contributed by atoms with Gasteiger partial charge >= 0.3 is 0 Å². The Labute approximate surface area is 80.2 Å². The van der Waals surface area contributed by atoms with Crippen molar-refractivity contribution in [2.45, 2.75) is 0 Å². The minimum atomic E-state index is 0.949. The van der Waals surface area contributed by atoms with Crippen molar-refractivity contribution in [3.05, 3.63) is 21.3 Å². The van der Waals surface area contributed by atoms with Crippen molar-refractivity contribution >= 4 is 38.8 Å². The van der Waals surface area contributed by atoms with E-state index in [1.807, 2.05) is 17.5 Å². The lowest BCUT2D eigenvalue weighted by Crippen LogP contribution is -1.71. The van der Waals surface area contributed by atoms with Gasteiger partial charge in [-0.05, 0) is 38.9 Å². The summed E-state index contributed by atoms with van der Waals surface area (Å²) in [6, 6.07) is 4.04. The fourth-order valence-corrected chi connectivity index (χ4v) is 2.57. The van der Waals surface area contributed by atoms with Crippen molar-refractivity contribution in [3.8, 4) is 10.6 Å². The van der Waals surface area contributed by atoms with E-state index in [0.717, 1.165) is 14.4 Å². The SMILES string of the molecule is Brc1snnc1-c1cccs1. The van der Waals surface area contributed by atoms with E-state index in [2.05, 4.69) is 25.5 Å². The lowest BCUT2D eigenvalue weighted by molar-refractivity contribution is 1.16. The van der Waals surface area contributed by atoms with Gasteiger partial charge < -0.3 is 0 Å². The first kappa shape index (κ1) is 7.39. The van der Waals surface area contributed by atoms with E-state index >= 15 is 0 Å². The maximum Gasteiger partial charge on any atom is 0.130 e. The molecular weight excluding hydrogens is 244 g/mol. The zero-order valence-electron chi connectivity index (χ0n) is 5.32. The molecule has 0 aromatic carbocycles. The Hall–Kier alpha value is -0.260. The van der Waals surface area contributed by atoms with E-state index in [9.17, 15) is 0 Å². The highest BCUT2D eigenvalue weighted by molar-refractivity contribution is 9.11. The highest BCUT2D eigenvalue weighted by Crippen LogP contribution is 2.31. The van der Waals surface area contributed by atoms with Crippen LogP contribution in [0.5, 0.6) is 0 Å². The van der Waals surface area contributed by atoms with Gasteiger partial charge in [-0.3, -0.25) is 0 Å². The van der Waals surface area contributed by atoms with Crippen LogP contribution < -0.4 is 0 Å². The molecule has 0 atom stereocenters. The van der Waals surface area contributed by atoms with Crippen LogP contribution in [0.3, 0.4) is 0 Å². The second-order valence-corrected chi connectivity index (χ2v) is 4.89. The van der Waals surface area contributed by atoms with Crippen LogP contribution in [0.2, 0.25) is 0 Å². The molecule has 11 heavy (non-hydrogen) atoms. The Kier molecular flexibility index (Phi) is 2.02. The van der Waals surface area contributed by atoms with Crippen LogP contribution in [-0.4, -0.2) is 9.59 Å². The summed E-state index contributed by atoms with van der Waals surface area (Å²) in [6.07, 6.45) is 0. The molecule has 0 unspecified atom stereocenters. The van der Waals surface area contributed by atoms with E-state index in [-0.39, 0.29) is 0 Å². The zero-order chi connectivity index (χ0) is 7.68. The molecule has 5 heteroatoms. The number of nitrogens with zero attached hydrogens (tertiary/aromatic N) is 2. The van der Waals surface area contributed by atoms with Gasteiger partial charge in [0.15, 0.2) is 0 Å². The van der Waals surface area contributed by atoms with Crippen molar-refractivity contribution in [2.24, 2.45) is 0 Å². The fourth-order valence-electron chi connectivity index (χ4n) is 0.739. The Morgan fingerprint density at radius 1 is 1.45 bits per heavy atom. The summed E-state index contributed by atoms with van der Waals surface area (Å²) in [5.74, 6) is 0. The third-order valence-electron chi connectivity index (χ3n) is 1.20. The molecule has 0 N–H and O–H groups in total. The molecule has 0 spiro atoms. The Morgan fingerprint density at radius 3 is 2.91 bits per heavy atom. The number of halogens is 1. The Bertz CT molecular complexity index is 341. The lowest BCUT2D eigenvalue weighted by Gasteiger charge is -1.86. The molecule has 2 heterocycles. The number of thiophene rings is 1. The minimum Gasteiger partial charge on any atom is -0.142 e. The molecule has 0 radical (unpaired) electrons. The highest BCUT2D eigenvalue weighted by Gasteiger charge is 2.07. The quantitative estimate of drug-likeness (QED) is 0.774. The number of hydrogen-bond donors (Lipinski definition) is 0. The van der Waals surface area contributed by atoms with Crippen LogP contribution in [-0.2, 0) is 0 Å². The smallest absolute Gasteiger partial charge is 0.130 e. The summed E-state index contributed by atoms with van der Waals surface area (Å²) in [4.78, 5) is 1.16. The van der Waals surface area contributed by atoms with Crippen molar-refractivity contribution in [1.29, 1.82) is 0 Å². The summed E-state index contributed by atoms with van der Waals surface area (Å²) in [6.45, 7) is 0. The van der Waals surface area contributed by atoms with E-state index < -0.39 is 0 Å². The van der Waals surface area contributed by atoms with Crippen molar-refractivity contribution in [1.82, 2.24) is 9.59 Å². The minimum absolute atomic E-state index is 0.949. The molecule has 0 aliphatic carbocycles. The van der Waals surface area contributed by atoms with Crippen LogP contribution >= 0.6 is 38.8 Å². The molecule has 2 rings (SSSR count). The first-order valence-electron chi connectivity index (χ1n) is 2.89. The largest absolute Gasteiger partial charge is 0.142 e. The summed E-state index contributed by atoms with van der Waals surface area (Å²) in [5, 5.41) is 6.02. The van der Waals surface area contributed by atoms with Crippen LogP contribution in [0.25, 0.3) is 10.6 Å². The molecule has 0 bridgehead atoms. The zero-order valence-corrected chi connectivity index (χ0v) is 8.54. The second kappa shape index (κ2) is 3.00. The van der Waals surface area contributed by atoms with Gasteiger partial charge in [0.05, 0.1) is 4.88 Å². The third kappa shape index (κ3) is 1.36. The number of rotatable bonds is 1. The van der Waals surface area contributed by atoms with Gasteiger partial charge in [-0.15, -0.1) is 16.4 Å². The lowest BCUT2D eigenvalue weighted by atomic mass is 10.4. The van der Waals surface area contributed by atoms with E-state index in [1.165, 1.54) is 11.5 Å². The van der Waals surface area contributed by atoms with E-state index in [0.29, 0.717) is 0 Å². The summed E-state index contributed by atoms with van der Waals surface area (Å²) < 4.78 is 4.83. The average Bonchev–Trinajstić information content (AvgIpc) is 2.55. The van der Waals surface area contributed by atoms with Crippen LogP contribution in [0.15, 0.2) is 21.3 Å². The molecular formula is C6H3BrN2S2. The van der Waals surface area contributed by atoms with Crippen LogP contribution in [0.4, 0.5) is 0 Å².